The molecule has 1 saturated carbocycles. The second-order valence-corrected chi connectivity index (χ2v) is 9.46. The second-order valence-electron chi connectivity index (χ2n) is 8.51. The van der Waals surface area contributed by atoms with Crippen LogP contribution in [-0.4, -0.2) is 6.54 Å². The topological polar surface area (TPSA) is 12.0 Å². The third kappa shape index (κ3) is 4.78. The van der Waals surface area contributed by atoms with Crippen LogP contribution in [0.5, 0.6) is 0 Å². The van der Waals surface area contributed by atoms with Crippen LogP contribution in [0.4, 0.5) is 0 Å². The number of nitrogens with one attached hydrogen (secondary N) is 1. The molecule has 2 aromatic rings. The van der Waals surface area contributed by atoms with Crippen molar-refractivity contribution in [1.29, 1.82) is 0 Å². The molecular formula is C24H34ClNS. The van der Waals surface area contributed by atoms with Gasteiger partial charge in [0.1, 0.15) is 0 Å². The number of aryl methyl sites for hydroxylation is 2. The lowest BCUT2D eigenvalue weighted by Gasteiger charge is -2.31. The van der Waals surface area contributed by atoms with E-state index in [9.17, 15) is 0 Å². The van der Waals surface area contributed by atoms with Gasteiger partial charge in [0.15, 0.2) is 0 Å². The Hall–Kier alpha value is -0.830. The van der Waals surface area contributed by atoms with Crippen molar-refractivity contribution >= 4 is 23.7 Å². The lowest BCUT2D eigenvalue weighted by molar-refractivity contribution is 0.323. The third-order valence-electron chi connectivity index (χ3n) is 6.76. The minimum absolute atomic E-state index is 0. The molecule has 0 amide bonds. The van der Waals surface area contributed by atoms with Gasteiger partial charge in [0.05, 0.1) is 0 Å². The molecule has 2 unspecified atom stereocenters. The van der Waals surface area contributed by atoms with Gasteiger partial charge in [-0.2, -0.15) is 0 Å². The fourth-order valence-corrected chi connectivity index (χ4v) is 6.10. The molecule has 1 aromatic carbocycles. The fraction of sp³-hybridized carbons (Fsp3) is 0.583. The lowest BCUT2D eigenvalue weighted by Crippen LogP contribution is -2.28. The molecule has 0 radical (unpaired) electrons. The Kier molecular flexibility index (Phi) is 7.42. The van der Waals surface area contributed by atoms with Crippen LogP contribution in [0.3, 0.4) is 0 Å². The summed E-state index contributed by atoms with van der Waals surface area (Å²) in [6, 6.07) is 10.0. The number of thiophene rings is 1. The van der Waals surface area contributed by atoms with Gasteiger partial charge in [0.2, 0.25) is 0 Å². The van der Waals surface area contributed by atoms with Crippen LogP contribution in [-0.2, 0) is 0 Å². The van der Waals surface area contributed by atoms with Crippen molar-refractivity contribution in [1.82, 2.24) is 5.32 Å². The molecule has 1 nitrogen and oxygen atoms in total. The SMILES string of the molecule is Cc1ccc(C2CCC(NCCC3CCCCC3)c3ccsc32)cc1C.Cl. The van der Waals surface area contributed by atoms with Crippen LogP contribution in [0.25, 0.3) is 0 Å². The van der Waals surface area contributed by atoms with Crippen molar-refractivity contribution in [3.63, 3.8) is 0 Å². The molecular weight excluding hydrogens is 370 g/mol. The number of hydrogen-bond acceptors (Lipinski definition) is 2. The smallest absolute Gasteiger partial charge is 0.0331 e. The molecule has 1 aromatic heterocycles. The first-order chi connectivity index (χ1) is 12.7. The van der Waals surface area contributed by atoms with Crippen molar-refractivity contribution in [2.75, 3.05) is 6.54 Å². The Morgan fingerprint density at radius 3 is 2.56 bits per heavy atom. The predicted octanol–water partition coefficient (Wildman–Crippen LogP) is 7.31. The van der Waals surface area contributed by atoms with Crippen LogP contribution < -0.4 is 5.32 Å². The van der Waals surface area contributed by atoms with E-state index in [1.807, 2.05) is 11.3 Å². The van der Waals surface area contributed by atoms with Crippen LogP contribution in [0, 0.1) is 19.8 Å². The summed E-state index contributed by atoms with van der Waals surface area (Å²) >= 11 is 1.96. The van der Waals surface area contributed by atoms with Gasteiger partial charge < -0.3 is 5.32 Å². The maximum atomic E-state index is 3.91. The molecule has 1 fully saturated rings. The van der Waals surface area contributed by atoms with Gasteiger partial charge in [-0.25, -0.2) is 0 Å². The van der Waals surface area contributed by atoms with E-state index in [2.05, 4.69) is 48.8 Å². The van der Waals surface area contributed by atoms with Gasteiger partial charge in [-0.3, -0.25) is 0 Å². The minimum atomic E-state index is 0. The van der Waals surface area contributed by atoms with Crippen LogP contribution >= 0.6 is 23.7 Å². The largest absolute Gasteiger partial charge is 0.310 e. The number of fused-ring (bicyclic) bond motifs is 1. The molecule has 2 aliphatic rings. The zero-order valence-corrected chi connectivity index (χ0v) is 18.4. The third-order valence-corrected chi connectivity index (χ3v) is 7.81. The van der Waals surface area contributed by atoms with Gasteiger partial charge in [-0.1, -0.05) is 50.3 Å². The maximum Gasteiger partial charge on any atom is 0.0331 e. The average molecular weight is 404 g/mol. The minimum Gasteiger partial charge on any atom is -0.310 e. The Balaban J connectivity index is 0.00000210. The summed E-state index contributed by atoms with van der Waals surface area (Å²) in [6.07, 6.45) is 11.2. The highest BCUT2D eigenvalue weighted by Gasteiger charge is 2.29. The molecule has 2 aliphatic carbocycles. The van der Waals surface area contributed by atoms with Gasteiger partial charge in [0.25, 0.3) is 0 Å². The van der Waals surface area contributed by atoms with Crippen molar-refractivity contribution in [3.8, 4) is 0 Å². The summed E-state index contributed by atoms with van der Waals surface area (Å²) < 4.78 is 0. The van der Waals surface area contributed by atoms with Crippen LogP contribution in [0.1, 0.15) is 90.5 Å². The summed E-state index contributed by atoms with van der Waals surface area (Å²) in [6.45, 7) is 5.65. The molecule has 0 saturated heterocycles. The molecule has 27 heavy (non-hydrogen) atoms. The normalized spacial score (nSPS) is 22.9. The summed E-state index contributed by atoms with van der Waals surface area (Å²) in [4.78, 5) is 1.61. The Morgan fingerprint density at radius 2 is 1.78 bits per heavy atom. The quantitative estimate of drug-likeness (QED) is 0.551. The van der Waals surface area contributed by atoms with Gasteiger partial charge in [-0.05, 0) is 79.3 Å². The Morgan fingerprint density at radius 1 is 0.963 bits per heavy atom. The lowest BCUT2D eigenvalue weighted by atomic mass is 9.81. The average Bonchev–Trinajstić information content (AvgIpc) is 3.15. The van der Waals surface area contributed by atoms with Crippen molar-refractivity contribution in [2.45, 2.75) is 77.2 Å². The highest BCUT2D eigenvalue weighted by atomic mass is 35.5. The Labute approximate surface area is 175 Å². The summed E-state index contributed by atoms with van der Waals surface area (Å²) in [5.41, 5.74) is 5.91. The van der Waals surface area contributed by atoms with Crippen molar-refractivity contribution < 1.29 is 0 Å². The van der Waals surface area contributed by atoms with E-state index < -0.39 is 0 Å². The molecule has 0 aliphatic heterocycles. The molecule has 0 spiro atoms. The van der Waals surface area contributed by atoms with E-state index in [0.717, 1.165) is 5.92 Å². The monoisotopic (exact) mass is 403 g/mol. The summed E-state index contributed by atoms with van der Waals surface area (Å²) in [5, 5.41) is 6.22. The molecule has 0 bridgehead atoms. The molecule has 1 heterocycles. The Bertz CT molecular complexity index is 732. The number of halogens is 1. The van der Waals surface area contributed by atoms with E-state index in [-0.39, 0.29) is 12.4 Å². The summed E-state index contributed by atoms with van der Waals surface area (Å²) in [5.74, 6) is 1.57. The highest BCUT2D eigenvalue weighted by Crippen LogP contribution is 2.44. The maximum absolute atomic E-state index is 3.91. The first kappa shape index (κ1) is 20.9. The van der Waals surface area contributed by atoms with Crippen molar-refractivity contribution in [3.05, 3.63) is 56.8 Å². The fourth-order valence-electron chi connectivity index (χ4n) is 4.97. The van der Waals surface area contributed by atoms with E-state index >= 15 is 0 Å². The van der Waals surface area contributed by atoms with Gasteiger partial charge >= 0.3 is 0 Å². The van der Waals surface area contributed by atoms with E-state index in [1.165, 1.54) is 74.6 Å². The molecule has 3 heteroatoms. The van der Waals surface area contributed by atoms with Gasteiger partial charge in [0, 0.05) is 16.8 Å². The van der Waals surface area contributed by atoms with E-state index in [1.54, 1.807) is 10.4 Å². The standard InChI is InChI=1S/C24H33NS.ClH/c1-17-8-9-20(16-18(17)2)21-10-11-23(22-13-15-26-24(21)22)25-14-12-19-6-4-3-5-7-19;/h8-9,13,15-16,19,21,23,25H,3-7,10-12,14H2,1-2H3;1H. The zero-order chi connectivity index (χ0) is 17.9. The van der Waals surface area contributed by atoms with E-state index in [0.29, 0.717) is 12.0 Å². The highest BCUT2D eigenvalue weighted by molar-refractivity contribution is 7.10. The van der Waals surface area contributed by atoms with Crippen LogP contribution in [0.15, 0.2) is 29.6 Å². The van der Waals surface area contributed by atoms with Gasteiger partial charge in [-0.15, -0.1) is 23.7 Å². The van der Waals surface area contributed by atoms with Crippen molar-refractivity contribution in [2.24, 2.45) is 5.92 Å². The van der Waals surface area contributed by atoms with E-state index in [4.69, 9.17) is 0 Å². The van der Waals surface area contributed by atoms with Crippen LogP contribution in [0.2, 0.25) is 0 Å². The summed E-state index contributed by atoms with van der Waals surface area (Å²) in [7, 11) is 0. The molecule has 2 atom stereocenters. The first-order valence-corrected chi connectivity index (χ1v) is 11.5. The number of benzene rings is 1. The predicted molar refractivity (Wildman–Crippen MR) is 120 cm³/mol. The molecule has 4 rings (SSSR count). The molecule has 1 N–H and O–H groups in total. The first-order valence-electron chi connectivity index (χ1n) is 10.6. The zero-order valence-electron chi connectivity index (χ0n) is 16.8. The second kappa shape index (κ2) is 9.58. The number of hydrogen-bond donors (Lipinski definition) is 1. The molecule has 148 valence electrons. The number of rotatable bonds is 5.